The van der Waals surface area contributed by atoms with Crippen LogP contribution in [-0.4, -0.2) is 40.8 Å². The van der Waals surface area contributed by atoms with E-state index in [0.717, 1.165) is 47.8 Å². The smallest absolute Gasteiger partial charge is 0.223 e. The normalized spacial score (nSPS) is 11.0. The minimum atomic E-state index is 0.136. The molecule has 1 amide bonds. The van der Waals surface area contributed by atoms with E-state index in [-0.39, 0.29) is 5.91 Å². The topological polar surface area (TPSA) is 59.4 Å². The van der Waals surface area contributed by atoms with Gasteiger partial charge in [-0.3, -0.25) is 9.48 Å². The van der Waals surface area contributed by atoms with Crippen molar-refractivity contribution in [2.75, 3.05) is 20.2 Å². The molecule has 0 saturated heterocycles. The zero-order valence-corrected chi connectivity index (χ0v) is 26.7. The molecule has 0 aliphatic rings. The molecule has 1 heterocycles. The van der Waals surface area contributed by atoms with Crippen LogP contribution in [0.15, 0.2) is 109 Å². The van der Waals surface area contributed by atoms with Gasteiger partial charge in [0.15, 0.2) is 0 Å². The molecule has 45 heavy (non-hydrogen) atoms. The van der Waals surface area contributed by atoms with Gasteiger partial charge in [0.05, 0.1) is 19.3 Å². The van der Waals surface area contributed by atoms with E-state index < -0.39 is 0 Å². The van der Waals surface area contributed by atoms with Crippen LogP contribution >= 0.6 is 0 Å². The van der Waals surface area contributed by atoms with E-state index in [9.17, 15) is 4.79 Å². The zero-order chi connectivity index (χ0) is 31.4. The Morgan fingerprint density at radius 3 is 2.13 bits per heavy atom. The first kappa shape index (κ1) is 31.7. The van der Waals surface area contributed by atoms with E-state index in [4.69, 9.17) is 4.74 Å². The maximum atomic E-state index is 13.5. The quantitative estimate of drug-likeness (QED) is 0.130. The summed E-state index contributed by atoms with van der Waals surface area (Å²) in [5.41, 5.74) is 9.29. The van der Waals surface area contributed by atoms with Crippen LogP contribution < -0.4 is 10.1 Å². The Bertz CT molecular complexity index is 1640. The van der Waals surface area contributed by atoms with Gasteiger partial charge in [-0.2, -0.15) is 5.10 Å². The van der Waals surface area contributed by atoms with Crippen molar-refractivity contribution in [2.24, 2.45) is 0 Å². The molecule has 0 fully saturated rings. The fourth-order valence-electron chi connectivity index (χ4n) is 5.59. The van der Waals surface area contributed by atoms with Crippen molar-refractivity contribution in [1.82, 2.24) is 20.0 Å². The van der Waals surface area contributed by atoms with E-state index in [2.05, 4.69) is 102 Å². The van der Waals surface area contributed by atoms with Crippen molar-refractivity contribution in [3.05, 3.63) is 143 Å². The van der Waals surface area contributed by atoms with Crippen molar-refractivity contribution in [3.8, 4) is 16.9 Å². The van der Waals surface area contributed by atoms with Gasteiger partial charge in [-0.1, -0.05) is 91.0 Å². The Hall–Kier alpha value is -4.68. The number of ether oxygens (including phenoxy) is 1. The number of carbonyl (C=O) groups is 1. The first-order valence-corrected chi connectivity index (χ1v) is 15.8. The van der Waals surface area contributed by atoms with Crippen LogP contribution in [0.3, 0.4) is 0 Å². The van der Waals surface area contributed by atoms with Gasteiger partial charge in [0, 0.05) is 31.7 Å². The Morgan fingerprint density at radius 2 is 1.47 bits per heavy atom. The molecule has 6 heteroatoms. The molecule has 0 bridgehead atoms. The number of nitrogens with one attached hydrogen (secondary N) is 1. The van der Waals surface area contributed by atoms with Gasteiger partial charge in [-0.05, 0) is 84.8 Å². The average Bonchev–Trinajstić information content (AvgIpc) is 3.41. The summed E-state index contributed by atoms with van der Waals surface area (Å²) in [6, 6.07) is 37.9. The fourth-order valence-corrected chi connectivity index (χ4v) is 5.59. The Kier molecular flexibility index (Phi) is 11.2. The van der Waals surface area contributed by atoms with Crippen LogP contribution in [0.1, 0.15) is 40.1 Å². The van der Waals surface area contributed by atoms with Crippen LogP contribution in [0, 0.1) is 13.8 Å². The highest BCUT2D eigenvalue weighted by molar-refractivity contribution is 5.76. The van der Waals surface area contributed by atoms with Crippen molar-refractivity contribution in [3.63, 3.8) is 0 Å². The number of hydrogen-bond donors (Lipinski definition) is 1. The number of methoxy groups -OCH3 is 1. The number of hydrogen-bond acceptors (Lipinski definition) is 4. The number of benzene rings is 4. The second-order valence-electron chi connectivity index (χ2n) is 11.6. The molecule has 1 N–H and O–H groups in total. The minimum Gasteiger partial charge on any atom is -0.497 e. The SMILES string of the molecule is COc1cccc(CCC(=O)N(CCn2nc(C)cc2C)Cc2ccc(-c3ccc(CNCCc4ccccc4)cc3)cc2)c1. The molecule has 0 atom stereocenters. The summed E-state index contributed by atoms with van der Waals surface area (Å²) in [5.74, 6) is 0.947. The predicted octanol–water partition coefficient (Wildman–Crippen LogP) is 7.17. The largest absolute Gasteiger partial charge is 0.497 e. The molecule has 6 nitrogen and oxygen atoms in total. The average molecular weight is 601 g/mol. The molecule has 0 unspecified atom stereocenters. The van der Waals surface area contributed by atoms with E-state index in [1.807, 2.05) is 40.8 Å². The number of amides is 1. The lowest BCUT2D eigenvalue weighted by molar-refractivity contribution is -0.132. The van der Waals surface area contributed by atoms with Gasteiger partial charge in [0.25, 0.3) is 0 Å². The van der Waals surface area contributed by atoms with E-state index >= 15 is 0 Å². The van der Waals surface area contributed by atoms with Crippen LogP contribution in [0.2, 0.25) is 0 Å². The molecule has 1 aromatic heterocycles. The van der Waals surface area contributed by atoms with Crippen molar-refractivity contribution in [1.29, 1.82) is 0 Å². The molecule has 0 saturated carbocycles. The van der Waals surface area contributed by atoms with Crippen LogP contribution in [0.5, 0.6) is 5.75 Å². The lowest BCUT2D eigenvalue weighted by atomic mass is 10.0. The number of nitrogens with zero attached hydrogens (tertiary/aromatic N) is 3. The van der Waals surface area contributed by atoms with Crippen molar-refractivity contribution in [2.45, 2.75) is 52.7 Å². The second kappa shape index (κ2) is 15.9. The lowest BCUT2D eigenvalue weighted by Gasteiger charge is -2.24. The monoisotopic (exact) mass is 600 g/mol. The third-order valence-electron chi connectivity index (χ3n) is 8.18. The molecule has 4 aromatic carbocycles. The highest BCUT2D eigenvalue weighted by Gasteiger charge is 2.16. The third-order valence-corrected chi connectivity index (χ3v) is 8.18. The molecule has 232 valence electrons. The Balaban J connectivity index is 1.18. The van der Waals surface area contributed by atoms with Gasteiger partial charge in [-0.15, -0.1) is 0 Å². The summed E-state index contributed by atoms with van der Waals surface area (Å²) in [7, 11) is 1.66. The number of aromatic nitrogens is 2. The summed E-state index contributed by atoms with van der Waals surface area (Å²) in [5, 5.41) is 8.16. The van der Waals surface area contributed by atoms with Gasteiger partial charge in [0.1, 0.15) is 5.75 Å². The molecule has 0 aliphatic carbocycles. The standard InChI is InChI=1S/C39H44N4O2/c1-30-26-31(2)43(41-30)25-24-42(39(44)21-16-33-10-7-11-38(27-33)45-3)29-35-14-19-37(20-15-35)36-17-12-34(13-18-36)28-40-23-22-32-8-5-4-6-9-32/h4-15,17-20,26-27,40H,16,21-25,28-29H2,1-3H3. The molecule has 0 aliphatic heterocycles. The van der Waals surface area contributed by atoms with E-state index in [1.54, 1.807) is 7.11 Å². The van der Waals surface area contributed by atoms with Gasteiger partial charge in [0.2, 0.25) is 5.91 Å². The molecular formula is C39H44N4O2. The highest BCUT2D eigenvalue weighted by Crippen LogP contribution is 2.22. The van der Waals surface area contributed by atoms with Crippen LogP contribution in [-0.2, 0) is 37.3 Å². The Labute approximate surface area is 267 Å². The van der Waals surface area contributed by atoms with E-state index in [0.29, 0.717) is 32.5 Å². The number of carbonyl (C=O) groups excluding carboxylic acids is 1. The molecule has 5 aromatic rings. The minimum absolute atomic E-state index is 0.136. The lowest BCUT2D eigenvalue weighted by Crippen LogP contribution is -2.34. The number of rotatable bonds is 15. The molecular weight excluding hydrogens is 556 g/mol. The molecule has 0 radical (unpaired) electrons. The maximum Gasteiger partial charge on any atom is 0.223 e. The second-order valence-corrected chi connectivity index (χ2v) is 11.6. The summed E-state index contributed by atoms with van der Waals surface area (Å²) < 4.78 is 7.35. The molecule has 0 spiro atoms. The van der Waals surface area contributed by atoms with Crippen molar-refractivity contribution >= 4 is 5.91 Å². The number of aryl methyl sites for hydroxylation is 3. The predicted molar refractivity (Wildman–Crippen MR) is 182 cm³/mol. The summed E-state index contributed by atoms with van der Waals surface area (Å²) in [4.78, 5) is 15.5. The highest BCUT2D eigenvalue weighted by atomic mass is 16.5. The summed E-state index contributed by atoms with van der Waals surface area (Å²) >= 11 is 0. The first-order valence-electron chi connectivity index (χ1n) is 15.8. The zero-order valence-electron chi connectivity index (χ0n) is 26.7. The van der Waals surface area contributed by atoms with Gasteiger partial charge < -0.3 is 15.0 Å². The summed E-state index contributed by atoms with van der Waals surface area (Å²) in [6.45, 7) is 7.69. The maximum absolute atomic E-state index is 13.5. The first-order chi connectivity index (χ1) is 22.0. The van der Waals surface area contributed by atoms with Gasteiger partial charge >= 0.3 is 0 Å². The Morgan fingerprint density at radius 1 is 0.778 bits per heavy atom. The summed E-state index contributed by atoms with van der Waals surface area (Å²) in [6.07, 6.45) is 2.14. The third kappa shape index (κ3) is 9.40. The van der Waals surface area contributed by atoms with Gasteiger partial charge in [-0.25, -0.2) is 0 Å². The van der Waals surface area contributed by atoms with Crippen LogP contribution in [0.25, 0.3) is 11.1 Å². The van der Waals surface area contributed by atoms with E-state index in [1.165, 1.54) is 22.3 Å². The molecule has 5 rings (SSSR count). The fraction of sp³-hybridized carbons (Fsp3) is 0.282. The van der Waals surface area contributed by atoms with Crippen LogP contribution in [0.4, 0.5) is 0 Å². The van der Waals surface area contributed by atoms with Crippen molar-refractivity contribution < 1.29 is 9.53 Å².